The number of aromatic nitrogens is 3. The summed E-state index contributed by atoms with van der Waals surface area (Å²) in [5.41, 5.74) is 0. The molecule has 1 aromatic heterocycles. The summed E-state index contributed by atoms with van der Waals surface area (Å²) in [6.45, 7) is 6.08. The lowest BCUT2D eigenvalue weighted by molar-refractivity contribution is 0.0332. The number of rotatable bonds is 5. The molecule has 0 radical (unpaired) electrons. The average Bonchev–Trinajstić information content (AvgIpc) is 2.87. The van der Waals surface area contributed by atoms with Crippen LogP contribution in [0.4, 0.5) is 0 Å². The molecule has 2 heterocycles. The van der Waals surface area contributed by atoms with Crippen LogP contribution in [0.5, 0.6) is 0 Å². The summed E-state index contributed by atoms with van der Waals surface area (Å²) in [7, 11) is 0. The molecule has 90 valence electrons. The van der Waals surface area contributed by atoms with E-state index in [0.29, 0.717) is 18.2 Å². The van der Waals surface area contributed by atoms with Gasteiger partial charge in [0.25, 0.3) is 0 Å². The summed E-state index contributed by atoms with van der Waals surface area (Å²) >= 11 is 0. The van der Waals surface area contributed by atoms with Crippen LogP contribution in [-0.4, -0.2) is 39.6 Å². The van der Waals surface area contributed by atoms with E-state index in [1.165, 1.54) is 0 Å². The Bertz CT molecular complexity index is 299. The summed E-state index contributed by atoms with van der Waals surface area (Å²) in [4.78, 5) is 3.93. The van der Waals surface area contributed by atoms with Crippen molar-refractivity contribution in [1.29, 1.82) is 0 Å². The molecule has 5 nitrogen and oxygen atoms in total. The molecule has 1 aliphatic heterocycles. The van der Waals surface area contributed by atoms with Crippen molar-refractivity contribution in [3.05, 3.63) is 12.7 Å². The third kappa shape index (κ3) is 3.28. The monoisotopic (exact) mass is 224 g/mol. The van der Waals surface area contributed by atoms with Gasteiger partial charge in [-0.1, -0.05) is 13.8 Å². The van der Waals surface area contributed by atoms with Crippen molar-refractivity contribution in [2.75, 3.05) is 6.54 Å². The van der Waals surface area contributed by atoms with Crippen LogP contribution in [0, 0.1) is 0 Å². The number of ether oxygens (including phenoxy) is 1. The topological polar surface area (TPSA) is 52.0 Å². The predicted octanol–water partition coefficient (Wildman–Crippen LogP) is 0.824. The van der Waals surface area contributed by atoms with E-state index >= 15 is 0 Å². The summed E-state index contributed by atoms with van der Waals surface area (Å²) < 4.78 is 7.77. The lowest BCUT2D eigenvalue weighted by Gasteiger charge is -2.15. The maximum Gasteiger partial charge on any atom is 0.137 e. The molecule has 0 aliphatic carbocycles. The molecule has 1 saturated heterocycles. The minimum atomic E-state index is 0.292. The second-order valence-corrected chi connectivity index (χ2v) is 4.64. The first-order valence-corrected chi connectivity index (χ1v) is 5.95. The quantitative estimate of drug-likeness (QED) is 0.804. The van der Waals surface area contributed by atoms with Gasteiger partial charge in [-0.25, -0.2) is 4.98 Å². The van der Waals surface area contributed by atoms with E-state index in [0.717, 1.165) is 25.9 Å². The fourth-order valence-corrected chi connectivity index (χ4v) is 1.97. The van der Waals surface area contributed by atoms with Gasteiger partial charge in [-0.3, -0.25) is 4.68 Å². The smallest absolute Gasteiger partial charge is 0.137 e. The molecular formula is C11H20N4O. The zero-order valence-electron chi connectivity index (χ0n) is 9.97. The van der Waals surface area contributed by atoms with Crippen molar-refractivity contribution >= 4 is 0 Å². The maximum atomic E-state index is 5.93. The second kappa shape index (κ2) is 5.41. The number of hydrogen-bond donors (Lipinski definition) is 1. The summed E-state index contributed by atoms with van der Waals surface area (Å²) in [6.07, 6.45) is 6.20. The van der Waals surface area contributed by atoms with Gasteiger partial charge < -0.3 is 10.1 Å². The van der Waals surface area contributed by atoms with Crippen LogP contribution in [0.3, 0.4) is 0 Å². The molecule has 0 aromatic carbocycles. The van der Waals surface area contributed by atoms with Crippen molar-refractivity contribution in [2.45, 2.75) is 51.5 Å². The molecule has 0 saturated carbocycles. The Morgan fingerprint density at radius 2 is 2.25 bits per heavy atom. The van der Waals surface area contributed by atoms with E-state index in [4.69, 9.17) is 4.74 Å². The molecule has 16 heavy (non-hydrogen) atoms. The zero-order chi connectivity index (χ0) is 11.4. The Morgan fingerprint density at radius 3 is 2.94 bits per heavy atom. The molecule has 2 unspecified atom stereocenters. The van der Waals surface area contributed by atoms with E-state index in [9.17, 15) is 0 Å². The molecule has 0 spiro atoms. The zero-order valence-corrected chi connectivity index (χ0v) is 9.97. The van der Waals surface area contributed by atoms with Crippen molar-refractivity contribution in [3.8, 4) is 0 Å². The van der Waals surface area contributed by atoms with Crippen LogP contribution in [0.15, 0.2) is 12.7 Å². The molecule has 5 heteroatoms. The Morgan fingerprint density at radius 1 is 1.44 bits per heavy atom. The normalized spacial score (nSPS) is 25.4. The maximum absolute atomic E-state index is 5.93. The Kier molecular flexibility index (Phi) is 3.90. The van der Waals surface area contributed by atoms with Gasteiger partial charge >= 0.3 is 0 Å². The molecule has 2 atom stereocenters. The Balaban J connectivity index is 1.71. The highest BCUT2D eigenvalue weighted by Crippen LogP contribution is 2.20. The second-order valence-electron chi connectivity index (χ2n) is 4.64. The van der Waals surface area contributed by atoms with Crippen molar-refractivity contribution in [2.24, 2.45) is 0 Å². The summed E-state index contributed by atoms with van der Waals surface area (Å²) in [5.74, 6) is 0. The van der Waals surface area contributed by atoms with Gasteiger partial charge in [0.1, 0.15) is 12.7 Å². The van der Waals surface area contributed by atoms with E-state index in [1.807, 2.05) is 4.68 Å². The van der Waals surface area contributed by atoms with Crippen molar-refractivity contribution in [1.82, 2.24) is 20.1 Å². The first kappa shape index (κ1) is 11.5. The minimum Gasteiger partial charge on any atom is -0.372 e. The molecular weight excluding hydrogens is 204 g/mol. The van der Waals surface area contributed by atoms with E-state index in [-0.39, 0.29) is 0 Å². The van der Waals surface area contributed by atoms with Crippen LogP contribution < -0.4 is 5.32 Å². The van der Waals surface area contributed by atoms with E-state index in [2.05, 4.69) is 29.2 Å². The predicted molar refractivity (Wildman–Crippen MR) is 61.1 cm³/mol. The molecule has 1 aromatic rings. The highest BCUT2D eigenvalue weighted by Gasteiger charge is 2.25. The van der Waals surface area contributed by atoms with Crippen LogP contribution in [0.1, 0.15) is 26.7 Å². The van der Waals surface area contributed by atoms with Crippen molar-refractivity contribution < 1.29 is 4.74 Å². The summed E-state index contributed by atoms with van der Waals surface area (Å²) in [6, 6.07) is 0.526. The van der Waals surface area contributed by atoms with Crippen LogP contribution in [0.25, 0.3) is 0 Å². The molecule has 0 bridgehead atoms. The lowest BCUT2D eigenvalue weighted by Crippen LogP contribution is -2.32. The third-order valence-electron chi connectivity index (χ3n) is 2.81. The lowest BCUT2D eigenvalue weighted by atomic mass is 10.2. The third-order valence-corrected chi connectivity index (χ3v) is 2.81. The Hall–Kier alpha value is -0.940. The molecule has 1 N–H and O–H groups in total. The van der Waals surface area contributed by atoms with E-state index < -0.39 is 0 Å². The Labute approximate surface area is 96.2 Å². The number of nitrogens with zero attached hydrogens (tertiary/aromatic N) is 3. The van der Waals surface area contributed by atoms with Gasteiger partial charge in [0.15, 0.2) is 0 Å². The standard InChI is InChI=1S/C11H20N4O/c1-9(2)13-5-10-3-4-11(16-10)6-15-8-12-7-14-15/h7-11,13H,3-6H2,1-2H3. The van der Waals surface area contributed by atoms with Crippen molar-refractivity contribution in [3.63, 3.8) is 0 Å². The van der Waals surface area contributed by atoms with Crippen LogP contribution >= 0.6 is 0 Å². The SMILES string of the molecule is CC(C)NCC1CCC(Cn2cncn2)O1. The molecule has 0 amide bonds. The molecule has 2 rings (SSSR count). The van der Waals surface area contributed by atoms with Gasteiger partial charge in [0.05, 0.1) is 18.8 Å². The average molecular weight is 224 g/mol. The fourth-order valence-electron chi connectivity index (χ4n) is 1.97. The van der Waals surface area contributed by atoms with Gasteiger partial charge in [0.2, 0.25) is 0 Å². The summed E-state index contributed by atoms with van der Waals surface area (Å²) in [5, 5.41) is 7.50. The van der Waals surface area contributed by atoms with Crippen LogP contribution in [-0.2, 0) is 11.3 Å². The van der Waals surface area contributed by atoms with E-state index in [1.54, 1.807) is 12.7 Å². The van der Waals surface area contributed by atoms with Gasteiger partial charge in [-0.05, 0) is 12.8 Å². The fraction of sp³-hybridized carbons (Fsp3) is 0.818. The van der Waals surface area contributed by atoms with Gasteiger partial charge in [0, 0.05) is 12.6 Å². The minimum absolute atomic E-state index is 0.292. The molecule has 1 aliphatic rings. The van der Waals surface area contributed by atoms with Gasteiger partial charge in [-0.2, -0.15) is 5.10 Å². The molecule has 1 fully saturated rings. The first-order chi connectivity index (χ1) is 7.74. The highest BCUT2D eigenvalue weighted by atomic mass is 16.5. The largest absolute Gasteiger partial charge is 0.372 e. The van der Waals surface area contributed by atoms with Gasteiger partial charge in [-0.15, -0.1) is 0 Å². The number of hydrogen-bond acceptors (Lipinski definition) is 4. The van der Waals surface area contributed by atoms with Crippen LogP contribution in [0.2, 0.25) is 0 Å². The highest BCUT2D eigenvalue weighted by molar-refractivity contribution is 4.76. The first-order valence-electron chi connectivity index (χ1n) is 5.95. The number of nitrogens with one attached hydrogen (secondary N) is 1.